The fourth-order valence-corrected chi connectivity index (χ4v) is 6.53. The van der Waals surface area contributed by atoms with Gasteiger partial charge in [-0.05, 0) is 31.9 Å². The third-order valence-electron chi connectivity index (χ3n) is 5.83. The van der Waals surface area contributed by atoms with E-state index < -0.39 is 34.5 Å². The summed E-state index contributed by atoms with van der Waals surface area (Å²) in [5, 5.41) is 13.4. The number of hydrogen-bond donors (Lipinski definition) is 3. The molecule has 2 aromatic heterocycles. The second-order valence-corrected chi connectivity index (χ2v) is 12.3. The Bertz CT molecular complexity index is 1400. The number of anilines is 2. The normalized spacial score (nSPS) is 15.7. The van der Waals surface area contributed by atoms with Gasteiger partial charge in [-0.2, -0.15) is 13.2 Å². The molecule has 0 unspecified atom stereocenters. The molecule has 9 nitrogen and oxygen atoms in total. The highest BCUT2D eigenvalue weighted by atomic mass is 35.5. The Morgan fingerprint density at radius 2 is 1.97 bits per heavy atom. The highest BCUT2D eigenvalue weighted by molar-refractivity contribution is 7.92. The minimum atomic E-state index is -4.61. The van der Waals surface area contributed by atoms with Crippen molar-refractivity contribution in [3.05, 3.63) is 40.5 Å². The van der Waals surface area contributed by atoms with Crippen LogP contribution in [0, 0.1) is 0 Å². The van der Waals surface area contributed by atoms with Gasteiger partial charge in [0.2, 0.25) is 16.0 Å². The topological polar surface area (TPSA) is 126 Å². The SMILES string of the molecule is C[C@@H](O)CNc1nccc(-c2sc(C3CCOCC3)nc2-c2cccc(NS(=O)(=O)CCC(F)(F)F)c2Cl)n1. The predicted octanol–water partition coefficient (Wildman–Crippen LogP) is 5.30. The summed E-state index contributed by atoms with van der Waals surface area (Å²) in [7, 11) is -4.32. The van der Waals surface area contributed by atoms with Gasteiger partial charge in [0.25, 0.3) is 0 Å². The first kappa shape index (κ1) is 29.5. The molecule has 1 aliphatic rings. The van der Waals surface area contributed by atoms with Gasteiger partial charge in [0, 0.05) is 37.4 Å². The van der Waals surface area contributed by atoms with Crippen molar-refractivity contribution in [1.29, 1.82) is 0 Å². The minimum Gasteiger partial charge on any atom is -0.392 e. The predicted molar refractivity (Wildman–Crippen MR) is 145 cm³/mol. The molecule has 0 aliphatic carbocycles. The van der Waals surface area contributed by atoms with Gasteiger partial charge >= 0.3 is 6.18 Å². The molecule has 3 heterocycles. The standard InChI is InChI=1S/C24H27ClF3N5O4S2/c1-14(34)13-30-23-29-9-5-18(31-23)21-20(32-22(38-21)15-6-10-37-11-7-15)16-3-2-4-17(19(16)25)33-39(35,36)12-8-24(26,27)28/h2-5,9,14-15,33-34H,6-8,10-13H2,1H3,(H,29,30,31)/t14-/m1/s1. The lowest BCUT2D eigenvalue weighted by molar-refractivity contribution is -0.129. The molecule has 0 radical (unpaired) electrons. The Labute approximate surface area is 232 Å². The Balaban J connectivity index is 1.73. The molecular weight excluding hydrogens is 579 g/mol. The Morgan fingerprint density at radius 1 is 1.23 bits per heavy atom. The number of hydrogen-bond acceptors (Lipinski definition) is 9. The molecule has 3 aromatic rings. The van der Waals surface area contributed by atoms with Crippen LogP contribution in [0.3, 0.4) is 0 Å². The van der Waals surface area contributed by atoms with Crippen LogP contribution in [0.4, 0.5) is 24.8 Å². The fraction of sp³-hybridized carbons (Fsp3) is 0.458. The number of benzene rings is 1. The van der Waals surface area contributed by atoms with Crippen LogP contribution in [-0.2, 0) is 14.8 Å². The number of alkyl halides is 3. The van der Waals surface area contributed by atoms with E-state index in [1.54, 1.807) is 31.3 Å². The van der Waals surface area contributed by atoms with Crippen LogP contribution in [0.1, 0.15) is 37.1 Å². The summed E-state index contributed by atoms with van der Waals surface area (Å²) < 4.78 is 70.2. The maximum atomic E-state index is 12.6. The van der Waals surface area contributed by atoms with Crippen LogP contribution in [0.2, 0.25) is 5.02 Å². The van der Waals surface area contributed by atoms with Gasteiger partial charge in [-0.15, -0.1) is 11.3 Å². The first-order valence-electron chi connectivity index (χ1n) is 12.1. The lowest BCUT2D eigenvalue weighted by Gasteiger charge is -2.19. The Morgan fingerprint density at radius 3 is 2.67 bits per heavy atom. The van der Waals surface area contributed by atoms with Crippen molar-refractivity contribution in [3.8, 4) is 21.8 Å². The summed E-state index contributed by atoms with van der Waals surface area (Å²) in [6.45, 7) is 3.08. The molecule has 0 saturated carbocycles. The molecule has 1 fully saturated rings. The number of aliphatic hydroxyl groups excluding tert-OH is 1. The highest BCUT2D eigenvalue weighted by Crippen LogP contribution is 2.44. The van der Waals surface area contributed by atoms with Crippen LogP contribution in [0.25, 0.3) is 21.8 Å². The van der Waals surface area contributed by atoms with E-state index in [1.807, 2.05) is 0 Å². The summed E-state index contributed by atoms with van der Waals surface area (Å²) in [5.74, 6) is -0.679. The summed E-state index contributed by atoms with van der Waals surface area (Å²) in [6.07, 6.45) is -3.58. The molecule has 4 rings (SSSR count). The van der Waals surface area contributed by atoms with Crippen LogP contribution in [0.15, 0.2) is 30.5 Å². The van der Waals surface area contributed by atoms with Crippen molar-refractivity contribution in [1.82, 2.24) is 15.0 Å². The molecule has 0 amide bonds. The quantitative estimate of drug-likeness (QED) is 0.284. The maximum Gasteiger partial charge on any atom is 0.390 e. The molecule has 0 spiro atoms. The van der Waals surface area contributed by atoms with Gasteiger partial charge < -0.3 is 15.2 Å². The van der Waals surface area contributed by atoms with E-state index in [0.717, 1.165) is 17.8 Å². The van der Waals surface area contributed by atoms with Gasteiger partial charge in [-0.3, -0.25) is 4.72 Å². The van der Waals surface area contributed by atoms with E-state index in [1.165, 1.54) is 17.4 Å². The van der Waals surface area contributed by atoms with Crippen LogP contribution in [-0.4, -0.2) is 66.3 Å². The smallest absolute Gasteiger partial charge is 0.390 e. The number of sulfonamides is 1. The number of halogens is 4. The molecular formula is C24H27ClF3N5O4S2. The maximum absolute atomic E-state index is 12.6. The zero-order valence-corrected chi connectivity index (χ0v) is 23.2. The largest absolute Gasteiger partial charge is 0.392 e. The molecule has 1 aliphatic heterocycles. The van der Waals surface area contributed by atoms with Crippen molar-refractivity contribution in [2.45, 2.75) is 44.4 Å². The van der Waals surface area contributed by atoms with E-state index in [9.17, 15) is 26.7 Å². The lowest BCUT2D eigenvalue weighted by atomic mass is 10.0. The van der Waals surface area contributed by atoms with Crippen LogP contribution >= 0.6 is 22.9 Å². The zero-order valence-electron chi connectivity index (χ0n) is 20.8. The second kappa shape index (κ2) is 12.3. The third kappa shape index (κ3) is 8.01. The molecule has 39 heavy (non-hydrogen) atoms. The molecule has 212 valence electrons. The summed E-state index contributed by atoms with van der Waals surface area (Å²) >= 11 is 8.06. The molecule has 1 atom stereocenters. The number of aromatic nitrogens is 3. The van der Waals surface area contributed by atoms with E-state index in [2.05, 4.69) is 20.0 Å². The average Bonchev–Trinajstić information content (AvgIpc) is 3.33. The lowest BCUT2D eigenvalue weighted by Crippen LogP contribution is -2.22. The van der Waals surface area contributed by atoms with Gasteiger partial charge in [0.15, 0.2) is 0 Å². The van der Waals surface area contributed by atoms with Gasteiger partial charge in [-0.1, -0.05) is 23.7 Å². The summed E-state index contributed by atoms with van der Waals surface area (Å²) in [4.78, 5) is 14.3. The monoisotopic (exact) mass is 605 g/mol. The Kier molecular flexibility index (Phi) is 9.32. The highest BCUT2D eigenvalue weighted by Gasteiger charge is 2.31. The van der Waals surface area contributed by atoms with Crippen molar-refractivity contribution in [2.75, 3.05) is 35.6 Å². The molecule has 1 aromatic carbocycles. The first-order chi connectivity index (χ1) is 18.4. The van der Waals surface area contributed by atoms with E-state index >= 15 is 0 Å². The van der Waals surface area contributed by atoms with E-state index in [4.69, 9.17) is 21.3 Å². The number of aliphatic hydroxyl groups is 1. The molecule has 0 bridgehead atoms. The molecule has 3 N–H and O–H groups in total. The van der Waals surface area contributed by atoms with Crippen molar-refractivity contribution < 1.29 is 31.4 Å². The van der Waals surface area contributed by atoms with E-state index in [-0.39, 0.29) is 23.2 Å². The van der Waals surface area contributed by atoms with Crippen molar-refractivity contribution in [3.63, 3.8) is 0 Å². The van der Waals surface area contributed by atoms with E-state index in [0.29, 0.717) is 41.0 Å². The second-order valence-electron chi connectivity index (χ2n) is 9.07. The average molecular weight is 606 g/mol. The van der Waals surface area contributed by atoms with Gasteiger partial charge in [0.1, 0.15) is 0 Å². The number of thiazole rings is 1. The van der Waals surface area contributed by atoms with Crippen LogP contribution < -0.4 is 10.0 Å². The van der Waals surface area contributed by atoms with Crippen LogP contribution in [0.5, 0.6) is 0 Å². The molecule has 15 heteroatoms. The Hall–Kier alpha value is -2.52. The number of rotatable bonds is 10. The fourth-order valence-electron chi connectivity index (χ4n) is 3.88. The minimum absolute atomic E-state index is 0.000305. The first-order valence-corrected chi connectivity index (χ1v) is 15.0. The molecule has 1 saturated heterocycles. The van der Waals surface area contributed by atoms with Crippen molar-refractivity contribution in [2.24, 2.45) is 0 Å². The van der Waals surface area contributed by atoms with Crippen molar-refractivity contribution >= 4 is 44.6 Å². The van der Waals surface area contributed by atoms with Gasteiger partial charge in [0.05, 0.1) is 50.3 Å². The number of nitrogens with zero attached hydrogens (tertiary/aromatic N) is 3. The summed E-state index contributed by atoms with van der Waals surface area (Å²) in [5.41, 5.74) is 1.35. The zero-order chi connectivity index (χ0) is 28.2. The third-order valence-corrected chi connectivity index (χ3v) is 8.75. The number of nitrogens with one attached hydrogen (secondary N) is 2. The van der Waals surface area contributed by atoms with Gasteiger partial charge in [-0.25, -0.2) is 23.4 Å². The summed E-state index contributed by atoms with van der Waals surface area (Å²) in [6, 6.07) is 6.30. The number of ether oxygens (including phenoxy) is 1.